The molecule has 1 unspecified atom stereocenters. The second kappa shape index (κ2) is 4.75. The third-order valence-electron chi connectivity index (χ3n) is 2.86. The van der Waals surface area contributed by atoms with Crippen LogP contribution in [-0.2, 0) is 11.0 Å². The lowest BCUT2D eigenvalue weighted by molar-refractivity contribution is -0.140. The van der Waals surface area contributed by atoms with Gasteiger partial charge in [-0.2, -0.15) is 13.2 Å². The summed E-state index contributed by atoms with van der Waals surface area (Å²) >= 11 is 0.958. The Labute approximate surface area is 106 Å². The zero-order valence-electron chi connectivity index (χ0n) is 9.62. The fraction of sp³-hybridized carbons (Fsp3) is 0.600. The first kappa shape index (κ1) is 13.1. The Balaban J connectivity index is 2.06. The maximum Gasteiger partial charge on any atom is 0.434 e. The molecule has 1 aromatic rings. The van der Waals surface area contributed by atoms with Gasteiger partial charge in [-0.25, -0.2) is 4.98 Å². The highest BCUT2D eigenvalue weighted by Crippen LogP contribution is 2.34. The SMILES string of the molecule is CNC(=O)C1CCN(c2nc(C(F)(F)F)cs2)C1. The normalized spacial score (nSPS) is 20.2. The van der Waals surface area contributed by atoms with Gasteiger partial charge < -0.3 is 10.2 Å². The molecular weight excluding hydrogens is 267 g/mol. The molecular formula is C10H12F3N3OS. The van der Waals surface area contributed by atoms with Crippen LogP contribution in [0.4, 0.5) is 18.3 Å². The molecule has 1 saturated heterocycles. The van der Waals surface area contributed by atoms with Gasteiger partial charge in [0.1, 0.15) is 0 Å². The second-order valence-corrected chi connectivity index (χ2v) is 4.90. The molecule has 1 amide bonds. The summed E-state index contributed by atoms with van der Waals surface area (Å²) in [5, 5.41) is 3.88. The number of halogens is 3. The van der Waals surface area contributed by atoms with Crippen molar-refractivity contribution in [2.24, 2.45) is 5.92 Å². The van der Waals surface area contributed by atoms with Gasteiger partial charge in [-0.05, 0) is 6.42 Å². The van der Waals surface area contributed by atoms with Crippen molar-refractivity contribution in [3.8, 4) is 0 Å². The number of rotatable bonds is 2. The Morgan fingerprint density at radius 3 is 2.89 bits per heavy atom. The molecule has 18 heavy (non-hydrogen) atoms. The molecule has 1 aromatic heterocycles. The predicted octanol–water partition coefficient (Wildman–Crippen LogP) is 1.73. The monoisotopic (exact) mass is 279 g/mol. The number of nitrogens with one attached hydrogen (secondary N) is 1. The van der Waals surface area contributed by atoms with E-state index in [1.54, 1.807) is 11.9 Å². The van der Waals surface area contributed by atoms with E-state index in [0.29, 0.717) is 24.6 Å². The van der Waals surface area contributed by atoms with Gasteiger partial charge in [-0.15, -0.1) is 11.3 Å². The minimum absolute atomic E-state index is 0.0786. The highest BCUT2D eigenvalue weighted by atomic mass is 32.1. The molecule has 1 aliphatic rings. The minimum Gasteiger partial charge on any atom is -0.359 e. The van der Waals surface area contributed by atoms with Crippen molar-refractivity contribution < 1.29 is 18.0 Å². The van der Waals surface area contributed by atoms with Gasteiger partial charge in [-0.3, -0.25) is 4.79 Å². The van der Waals surface area contributed by atoms with E-state index in [1.165, 1.54) is 0 Å². The van der Waals surface area contributed by atoms with Crippen LogP contribution in [0.3, 0.4) is 0 Å². The first-order valence-corrected chi connectivity index (χ1v) is 6.29. The Morgan fingerprint density at radius 1 is 1.61 bits per heavy atom. The fourth-order valence-corrected chi connectivity index (χ4v) is 2.76. The zero-order valence-corrected chi connectivity index (χ0v) is 10.4. The summed E-state index contributed by atoms with van der Waals surface area (Å²) in [5.74, 6) is -0.252. The molecule has 1 N–H and O–H groups in total. The molecule has 0 radical (unpaired) electrons. The van der Waals surface area contributed by atoms with Crippen molar-refractivity contribution in [1.29, 1.82) is 0 Å². The van der Waals surface area contributed by atoms with Crippen molar-refractivity contribution in [2.45, 2.75) is 12.6 Å². The second-order valence-electron chi connectivity index (χ2n) is 4.06. The number of aromatic nitrogens is 1. The Kier molecular flexibility index (Phi) is 3.47. The van der Waals surface area contributed by atoms with Gasteiger partial charge in [0.15, 0.2) is 10.8 Å². The zero-order chi connectivity index (χ0) is 13.3. The average Bonchev–Trinajstić information content (AvgIpc) is 2.94. The van der Waals surface area contributed by atoms with Crippen LogP contribution >= 0.6 is 11.3 Å². The summed E-state index contributed by atoms with van der Waals surface area (Å²) in [4.78, 5) is 16.7. The lowest BCUT2D eigenvalue weighted by Crippen LogP contribution is -2.30. The number of hydrogen-bond donors (Lipinski definition) is 1. The summed E-state index contributed by atoms with van der Waals surface area (Å²) in [7, 11) is 1.55. The van der Waals surface area contributed by atoms with E-state index in [0.717, 1.165) is 16.7 Å². The van der Waals surface area contributed by atoms with Crippen LogP contribution in [0.2, 0.25) is 0 Å². The molecule has 1 aliphatic heterocycles. The quantitative estimate of drug-likeness (QED) is 0.897. The number of hydrogen-bond acceptors (Lipinski definition) is 4. The molecule has 0 bridgehead atoms. The summed E-state index contributed by atoms with van der Waals surface area (Å²) < 4.78 is 37.2. The molecule has 4 nitrogen and oxygen atoms in total. The lowest BCUT2D eigenvalue weighted by atomic mass is 10.1. The van der Waals surface area contributed by atoms with Crippen molar-refractivity contribution in [3.05, 3.63) is 11.1 Å². The number of nitrogens with zero attached hydrogens (tertiary/aromatic N) is 2. The van der Waals surface area contributed by atoms with E-state index in [-0.39, 0.29) is 11.8 Å². The standard InChI is InChI=1S/C10H12F3N3OS/c1-14-8(17)6-2-3-16(4-6)9-15-7(5-18-9)10(11,12)13/h5-6H,2-4H2,1H3,(H,14,17). The highest BCUT2D eigenvalue weighted by Gasteiger charge is 2.35. The van der Waals surface area contributed by atoms with E-state index < -0.39 is 11.9 Å². The van der Waals surface area contributed by atoms with Gasteiger partial charge in [0.05, 0.1) is 5.92 Å². The Morgan fingerprint density at radius 2 is 2.33 bits per heavy atom. The summed E-state index contributed by atoms with van der Waals surface area (Å²) in [6, 6.07) is 0. The molecule has 100 valence electrons. The first-order valence-electron chi connectivity index (χ1n) is 5.41. The van der Waals surface area contributed by atoms with Gasteiger partial charge in [0, 0.05) is 25.5 Å². The van der Waals surface area contributed by atoms with Gasteiger partial charge in [0.25, 0.3) is 0 Å². The largest absolute Gasteiger partial charge is 0.434 e. The molecule has 0 aromatic carbocycles. The molecule has 0 saturated carbocycles. The van der Waals surface area contributed by atoms with Crippen LogP contribution < -0.4 is 10.2 Å². The third-order valence-corrected chi connectivity index (χ3v) is 3.76. The highest BCUT2D eigenvalue weighted by molar-refractivity contribution is 7.13. The van der Waals surface area contributed by atoms with Gasteiger partial charge in [0.2, 0.25) is 5.91 Å². The van der Waals surface area contributed by atoms with E-state index in [2.05, 4.69) is 10.3 Å². The number of anilines is 1. The fourth-order valence-electron chi connectivity index (χ4n) is 1.89. The first-order chi connectivity index (χ1) is 8.41. The van der Waals surface area contributed by atoms with Crippen molar-refractivity contribution in [2.75, 3.05) is 25.0 Å². The summed E-state index contributed by atoms with van der Waals surface area (Å²) in [6.07, 6.45) is -3.77. The number of alkyl halides is 3. The molecule has 2 rings (SSSR count). The van der Waals surface area contributed by atoms with Gasteiger partial charge >= 0.3 is 6.18 Å². The Bertz CT molecular complexity index is 446. The molecule has 2 heterocycles. The van der Waals surface area contributed by atoms with Crippen molar-refractivity contribution >= 4 is 22.4 Å². The number of amides is 1. The van der Waals surface area contributed by atoms with Crippen LogP contribution in [0.1, 0.15) is 12.1 Å². The number of thiazole rings is 1. The summed E-state index contributed by atoms with van der Waals surface area (Å²) in [6.45, 7) is 0.980. The molecule has 1 fully saturated rings. The molecule has 0 aliphatic carbocycles. The smallest absolute Gasteiger partial charge is 0.359 e. The third kappa shape index (κ3) is 2.58. The topological polar surface area (TPSA) is 45.2 Å². The molecule has 1 atom stereocenters. The van der Waals surface area contributed by atoms with Crippen molar-refractivity contribution in [3.63, 3.8) is 0 Å². The van der Waals surface area contributed by atoms with Crippen LogP contribution in [0.25, 0.3) is 0 Å². The van der Waals surface area contributed by atoms with Crippen LogP contribution in [-0.4, -0.2) is 31.0 Å². The maximum absolute atomic E-state index is 12.4. The van der Waals surface area contributed by atoms with E-state index in [9.17, 15) is 18.0 Å². The maximum atomic E-state index is 12.4. The van der Waals surface area contributed by atoms with Crippen LogP contribution in [0.5, 0.6) is 0 Å². The predicted molar refractivity (Wildman–Crippen MR) is 61.5 cm³/mol. The minimum atomic E-state index is -4.41. The molecule has 8 heteroatoms. The lowest BCUT2D eigenvalue weighted by Gasteiger charge is -2.14. The Hall–Kier alpha value is -1.31. The molecule has 0 spiro atoms. The summed E-state index contributed by atoms with van der Waals surface area (Å²) in [5.41, 5.74) is -0.870. The number of carbonyl (C=O) groups excluding carboxylic acids is 1. The van der Waals surface area contributed by atoms with E-state index >= 15 is 0 Å². The van der Waals surface area contributed by atoms with E-state index in [1.807, 2.05) is 0 Å². The van der Waals surface area contributed by atoms with E-state index in [4.69, 9.17) is 0 Å². The van der Waals surface area contributed by atoms with Gasteiger partial charge in [-0.1, -0.05) is 0 Å². The van der Waals surface area contributed by atoms with Crippen molar-refractivity contribution in [1.82, 2.24) is 10.3 Å². The number of carbonyl (C=O) groups is 1. The average molecular weight is 279 g/mol. The van der Waals surface area contributed by atoms with Crippen LogP contribution in [0.15, 0.2) is 5.38 Å². The van der Waals surface area contributed by atoms with Crippen LogP contribution in [0, 0.1) is 5.92 Å².